The van der Waals surface area contributed by atoms with Gasteiger partial charge in [-0.15, -0.1) is 0 Å². The van der Waals surface area contributed by atoms with E-state index in [1.54, 1.807) is 0 Å². The molecule has 0 aromatic rings. The van der Waals surface area contributed by atoms with Crippen LogP contribution in [-0.2, 0) is 4.74 Å². The third-order valence-electron chi connectivity index (χ3n) is 2.21. The van der Waals surface area contributed by atoms with E-state index in [-0.39, 0.29) is 0 Å². The van der Waals surface area contributed by atoms with Gasteiger partial charge in [0.2, 0.25) is 0 Å². The van der Waals surface area contributed by atoms with E-state index in [9.17, 15) is 0 Å². The smallest absolute Gasteiger partial charge is 0.0519 e. The highest BCUT2D eigenvalue weighted by atomic mass is 16.5. The Balaban J connectivity index is 3.44. The molecule has 0 saturated heterocycles. The van der Waals surface area contributed by atoms with E-state index in [0.29, 0.717) is 18.1 Å². The lowest BCUT2D eigenvalue weighted by atomic mass is 10.0. The van der Waals surface area contributed by atoms with Gasteiger partial charge in [-0.05, 0) is 46.1 Å². The number of hydrogen-bond donors (Lipinski definition) is 1. The second-order valence-electron chi connectivity index (χ2n) is 4.58. The predicted octanol–water partition coefficient (Wildman–Crippen LogP) is 2.83. The molecule has 1 N–H and O–H groups in total. The molecule has 2 heteroatoms. The summed E-state index contributed by atoms with van der Waals surface area (Å²) in [5.74, 6) is 0.650. The Kier molecular flexibility index (Phi) is 8.20. The van der Waals surface area contributed by atoms with Crippen molar-refractivity contribution in [2.45, 2.75) is 59.6 Å². The molecule has 0 aliphatic carbocycles. The number of hydrogen-bond acceptors (Lipinski definition) is 2. The molecule has 14 heavy (non-hydrogen) atoms. The van der Waals surface area contributed by atoms with Gasteiger partial charge in [-0.1, -0.05) is 13.8 Å². The first-order chi connectivity index (χ1) is 6.56. The Bertz CT molecular complexity index is 125. The van der Waals surface area contributed by atoms with Crippen LogP contribution in [0.5, 0.6) is 0 Å². The largest absolute Gasteiger partial charge is 0.379 e. The van der Waals surface area contributed by atoms with Crippen molar-refractivity contribution in [2.24, 2.45) is 5.92 Å². The summed E-state index contributed by atoms with van der Waals surface area (Å²) in [6.07, 6.45) is 2.77. The summed E-state index contributed by atoms with van der Waals surface area (Å²) in [5.41, 5.74) is 0. The molecule has 0 fully saturated rings. The molecule has 0 aromatic carbocycles. The van der Waals surface area contributed by atoms with Crippen molar-refractivity contribution in [3.8, 4) is 0 Å². The van der Waals surface area contributed by atoms with Gasteiger partial charge in [-0.25, -0.2) is 0 Å². The summed E-state index contributed by atoms with van der Waals surface area (Å²) < 4.78 is 5.58. The standard InChI is InChI=1S/C12H27NO/c1-6-7-13-12(5)8-11(4)9-14-10(2)3/h10-13H,6-9H2,1-5H3. The summed E-state index contributed by atoms with van der Waals surface area (Å²) in [6.45, 7) is 12.9. The highest BCUT2D eigenvalue weighted by Crippen LogP contribution is 2.07. The summed E-state index contributed by atoms with van der Waals surface area (Å²) in [4.78, 5) is 0. The molecule has 0 spiro atoms. The van der Waals surface area contributed by atoms with Crippen molar-refractivity contribution in [2.75, 3.05) is 13.2 Å². The highest BCUT2D eigenvalue weighted by molar-refractivity contribution is 4.64. The van der Waals surface area contributed by atoms with Gasteiger partial charge in [0.05, 0.1) is 6.10 Å². The molecule has 0 amide bonds. The second kappa shape index (κ2) is 8.25. The minimum atomic E-state index is 0.358. The van der Waals surface area contributed by atoms with E-state index in [2.05, 4.69) is 39.9 Å². The summed E-state index contributed by atoms with van der Waals surface area (Å²) in [6, 6.07) is 0.612. The van der Waals surface area contributed by atoms with E-state index < -0.39 is 0 Å². The van der Waals surface area contributed by atoms with Gasteiger partial charge >= 0.3 is 0 Å². The monoisotopic (exact) mass is 201 g/mol. The first-order valence-corrected chi connectivity index (χ1v) is 5.91. The fourth-order valence-corrected chi connectivity index (χ4v) is 1.50. The predicted molar refractivity (Wildman–Crippen MR) is 62.6 cm³/mol. The molecule has 0 aliphatic rings. The van der Waals surface area contributed by atoms with Crippen LogP contribution in [0.1, 0.15) is 47.5 Å². The molecular weight excluding hydrogens is 174 g/mol. The summed E-state index contributed by atoms with van der Waals surface area (Å²) in [7, 11) is 0. The minimum Gasteiger partial charge on any atom is -0.379 e. The van der Waals surface area contributed by atoms with Gasteiger partial charge in [-0.2, -0.15) is 0 Å². The second-order valence-corrected chi connectivity index (χ2v) is 4.58. The van der Waals surface area contributed by atoms with Crippen LogP contribution in [0, 0.1) is 5.92 Å². The van der Waals surface area contributed by atoms with E-state index in [1.165, 1.54) is 12.8 Å². The summed E-state index contributed by atoms with van der Waals surface area (Å²) >= 11 is 0. The topological polar surface area (TPSA) is 21.3 Å². The number of rotatable bonds is 8. The lowest BCUT2D eigenvalue weighted by Crippen LogP contribution is -2.29. The van der Waals surface area contributed by atoms with Crippen molar-refractivity contribution in [1.82, 2.24) is 5.32 Å². The molecule has 0 bridgehead atoms. The van der Waals surface area contributed by atoms with Crippen LogP contribution in [-0.4, -0.2) is 25.3 Å². The third kappa shape index (κ3) is 8.52. The van der Waals surface area contributed by atoms with Crippen molar-refractivity contribution in [1.29, 1.82) is 0 Å². The maximum absolute atomic E-state index is 5.58. The first-order valence-electron chi connectivity index (χ1n) is 5.91. The molecule has 86 valence electrons. The van der Waals surface area contributed by atoms with Crippen LogP contribution in [0.3, 0.4) is 0 Å². The Labute approximate surface area is 89.4 Å². The van der Waals surface area contributed by atoms with Crippen molar-refractivity contribution in [3.05, 3.63) is 0 Å². The third-order valence-corrected chi connectivity index (χ3v) is 2.21. The van der Waals surface area contributed by atoms with Gasteiger partial charge in [0.15, 0.2) is 0 Å². The fourth-order valence-electron chi connectivity index (χ4n) is 1.50. The van der Waals surface area contributed by atoms with Gasteiger partial charge in [-0.3, -0.25) is 0 Å². The van der Waals surface area contributed by atoms with Crippen molar-refractivity contribution >= 4 is 0 Å². The Hall–Kier alpha value is -0.0800. The molecule has 0 radical (unpaired) electrons. The molecule has 0 saturated carbocycles. The van der Waals surface area contributed by atoms with Crippen LogP contribution >= 0.6 is 0 Å². The van der Waals surface area contributed by atoms with Crippen LogP contribution in [0.4, 0.5) is 0 Å². The van der Waals surface area contributed by atoms with Gasteiger partial charge in [0.25, 0.3) is 0 Å². The van der Waals surface area contributed by atoms with Crippen molar-refractivity contribution in [3.63, 3.8) is 0 Å². The Morgan fingerprint density at radius 3 is 2.29 bits per heavy atom. The number of ether oxygens (including phenoxy) is 1. The average Bonchev–Trinajstić information content (AvgIpc) is 2.11. The Morgan fingerprint density at radius 1 is 1.14 bits per heavy atom. The summed E-state index contributed by atoms with van der Waals surface area (Å²) in [5, 5.41) is 3.50. The maximum atomic E-state index is 5.58. The van der Waals surface area contributed by atoms with Gasteiger partial charge in [0, 0.05) is 12.6 Å². The maximum Gasteiger partial charge on any atom is 0.0519 e. The van der Waals surface area contributed by atoms with Crippen LogP contribution < -0.4 is 5.32 Å². The lowest BCUT2D eigenvalue weighted by Gasteiger charge is -2.19. The molecule has 2 nitrogen and oxygen atoms in total. The zero-order valence-electron chi connectivity index (χ0n) is 10.5. The van der Waals surface area contributed by atoms with Gasteiger partial charge < -0.3 is 10.1 Å². The van der Waals surface area contributed by atoms with Crippen LogP contribution in [0.2, 0.25) is 0 Å². The zero-order chi connectivity index (χ0) is 11.0. The minimum absolute atomic E-state index is 0.358. The quantitative estimate of drug-likeness (QED) is 0.652. The molecule has 2 atom stereocenters. The normalized spacial score (nSPS) is 15.9. The lowest BCUT2D eigenvalue weighted by molar-refractivity contribution is 0.0512. The van der Waals surface area contributed by atoms with Crippen molar-refractivity contribution < 1.29 is 4.74 Å². The molecular formula is C12H27NO. The van der Waals surface area contributed by atoms with E-state index in [1.807, 2.05) is 0 Å². The average molecular weight is 201 g/mol. The molecule has 2 unspecified atom stereocenters. The zero-order valence-corrected chi connectivity index (χ0v) is 10.5. The highest BCUT2D eigenvalue weighted by Gasteiger charge is 2.08. The van der Waals surface area contributed by atoms with Gasteiger partial charge in [0.1, 0.15) is 0 Å². The number of nitrogens with one attached hydrogen (secondary N) is 1. The molecule has 0 aliphatic heterocycles. The van der Waals surface area contributed by atoms with Crippen LogP contribution in [0.15, 0.2) is 0 Å². The van der Waals surface area contributed by atoms with Crippen LogP contribution in [0.25, 0.3) is 0 Å². The molecule has 0 rings (SSSR count). The van der Waals surface area contributed by atoms with E-state index >= 15 is 0 Å². The molecule has 0 aromatic heterocycles. The van der Waals surface area contributed by atoms with E-state index in [4.69, 9.17) is 4.74 Å². The molecule has 0 heterocycles. The van der Waals surface area contributed by atoms with E-state index in [0.717, 1.165) is 13.2 Å². The first kappa shape index (κ1) is 13.9. The fraction of sp³-hybridized carbons (Fsp3) is 1.00. The Morgan fingerprint density at radius 2 is 1.79 bits per heavy atom. The SMILES string of the molecule is CCCNC(C)CC(C)COC(C)C.